The normalized spacial score (nSPS) is 16.2. The van der Waals surface area contributed by atoms with Crippen LogP contribution in [0.5, 0.6) is 0 Å². The Morgan fingerprint density at radius 2 is 1.95 bits per heavy atom. The summed E-state index contributed by atoms with van der Waals surface area (Å²) in [4.78, 5) is 28.6. The van der Waals surface area contributed by atoms with Crippen LogP contribution < -0.4 is 5.32 Å². The summed E-state index contributed by atoms with van der Waals surface area (Å²) in [5.74, 6) is -0.141. The third kappa shape index (κ3) is 6.90. The number of ether oxygens (including phenoxy) is 1. The molecule has 2 amide bonds. The number of hydrogen-bond donors (Lipinski definition) is 1. The lowest BCUT2D eigenvalue weighted by atomic mass is 10.2. The summed E-state index contributed by atoms with van der Waals surface area (Å²) in [6.45, 7) is 6.68. The molecule has 2 N–H and O–H groups in total. The summed E-state index contributed by atoms with van der Waals surface area (Å²) in [7, 11) is 2.02. The largest absolute Gasteiger partial charge is 0.444 e. The van der Waals surface area contributed by atoms with Gasteiger partial charge in [0.25, 0.3) is 0 Å². The SMILES string of the molecule is Cn1ccc2cc(Sc3ccc(/C=C/C(=O)[NH2+]CC4CCCN4C(=O)OC(C)(C)C)c(Cl)c3Cl)ccc21. The van der Waals surface area contributed by atoms with E-state index in [1.807, 2.05) is 46.1 Å². The van der Waals surface area contributed by atoms with Crippen LogP contribution in [0.25, 0.3) is 17.0 Å². The highest BCUT2D eigenvalue weighted by atomic mass is 35.5. The number of amides is 2. The molecule has 1 saturated heterocycles. The van der Waals surface area contributed by atoms with Crippen molar-refractivity contribution in [3.8, 4) is 0 Å². The van der Waals surface area contributed by atoms with Crippen LogP contribution in [0.15, 0.2) is 58.5 Å². The number of hydrogen-bond acceptors (Lipinski definition) is 4. The number of nitrogens with two attached hydrogens (primary N) is 1. The van der Waals surface area contributed by atoms with Gasteiger partial charge in [0.2, 0.25) is 0 Å². The van der Waals surface area contributed by atoms with E-state index in [0.717, 1.165) is 28.0 Å². The van der Waals surface area contributed by atoms with Gasteiger partial charge in [0.15, 0.2) is 0 Å². The summed E-state index contributed by atoms with van der Waals surface area (Å²) < 4.78 is 7.58. The Morgan fingerprint density at radius 3 is 2.70 bits per heavy atom. The minimum Gasteiger partial charge on any atom is -0.444 e. The van der Waals surface area contributed by atoms with Gasteiger partial charge in [0.05, 0.1) is 16.1 Å². The zero-order valence-corrected chi connectivity index (χ0v) is 23.8. The number of fused-ring (bicyclic) bond motifs is 1. The van der Waals surface area contributed by atoms with Gasteiger partial charge < -0.3 is 9.30 Å². The van der Waals surface area contributed by atoms with Crippen molar-refractivity contribution >= 4 is 63.9 Å². The lowest BCUT2D eigenvalue weighted by Gasteiger charge is -2.27. The fourth-order valence-corrected chi connectivity index (χ4v) is 5.81. The Morgan fingerprint density at radius 1 is 1.16 bits per heavy atom. The molecule has 2 aromatic carbocycles. The van der Waals surface area contributed by atoms with Crippen molar-refractivity contribution in [2.75, 3.05) is 13.1 Å². The number of aryl methyl sites for hydroxylation is 1. The molecule has 3 aromatic rings. The van der Waals surface area contributed by atoms with E-state index in [9.17, 15) is 9.59 Å². The van der Waals surface area contributed by atoms with Crippen molar-refractivity contribution in [3.05, 3.63) is 64.3 Å². The topological polar surface area (TPSA) is 68.2 Å². The maximum Gasteiger partial charge on any atom is 0.410 e. The first-order valence-corrected chi connectivity index (χ1v) is 13.8. The van der Waals surface area contributed by atoms with Gasteiger partial charge in [-0.2, -0.15) is 0 Å². The van der Waals surface area contributed by atoms with Crippen LogP contribution in [0.1, 0.15) is 39.2 Å². The lowest BCUT2D eigenvalue weighted by Crippen LogP contribution is -2.90. The summed E-state index contributed by atoms with van der Waals surface area (Å²) in [5, 5.41) is 3.64. The average molecular weight is 562 g/mol. The Bertz CT molecular complexity index is 1350. The van der Waals surface area contributed by atoms with Crippen LogP contribution in [0.3, 0.4) is 0 Å². The lowest BCUT2D eigenvalue weighted by molar-refractivity contribution is -0.568. The van der Waals surface area contributed by atoms with Crippen LogP contribution in [0.2, 0.25) is 10.0 Å². The smallest absolute Gasteiger partial charge is 0.410 e. The molecule has 0 saturated carbocycles. The van der Waals surface area contributed by atoms with Crippen molar-refractivity contribution in [3.63, 3.8) is 0 Å². The number of halogens is 2. The maximum absolute atomic E-state index is 12.5. The van der Waals surface area contributed by atoms with Gasteiger partial charge >= 0.3 is 12.0 Å². The summed E-state index contributed by atoms with van der Waals surface area (Å²) in [6.07, 6.45) is 6.63. The van der Waals surface area contributed by atoms with Gasteiger partial charge in [-0.1, -0.05) is 41.0 Å². The first kappa shape index (κ1) is 27.6. The third-order valence-electron chi connectivity index (χ3n) is 6.18. The molecule has 1 unspecified atom stereocenters. The highest BCUT2D eigenvalue weighted by molar-refractivity contribution is 7.99. The van der Waals surface area contributed by atoms with E-state index in [4.69, 9.17) is 27.9 Å². The van der Waals surface area contributed by atoms with E-state index in [-0.39, 0.29) is 18.0 Å². The van der Waals surface area contributed by atoms with E-state index in [1.165, 1.54) is 11.6 Å². The van der Waals surface area contributed by atoms with Crippen LogP contribution >= 0.6 is 35.0 Å². The molecule has 6 nitrogen and oxygen atoms in total. The van der Waals surface area contributed by atoms with E-state index in [0.29, 0.717) is 28.7 Å². The van der Waals surface area contributed by atoms with E-state index in [2.05, 4.69) is 28.8 Å². The molecule has 1 aliphatic heterocycles. The Hall–Kier alpha value is -2.45. The van der Waals surface area contributed by atoms with Crippen LogP contribution in [-0.2, 0) is 16.6 Å². The molecule has 0 aliphatic carbocycles. The van der Waals surface area contributed by atoms with E-state index in [1.54, 1.807) is 28.1 Å². The van der Waals surface area contributed by atoms with Gasteiger partial charge in [0.1, 0.15) is 12.1 Å². The third-order valence-corrected chi connectivity index (χ3v) is 8.24. The molecule has 196 valence electrons. The van der Waals surface area contributed by atoms with Gasteiger partial charge in [-0.05, 0) is 75.6 Å². The number of rotatable bonds is 6. The predicted octanol–water partition coefficient (Wildman–Crippen LogP) is 6.14. The van der Waals surface area contributed by atoms with Crippen LogP contribution in [0.4, 0.5) is 4.79 Å². The number of primary amides is 1. The molecule has 37 heavy (non-hydrogen) atoms. The van der Waals surface area contributed by atoms with Crippen LogP contribution in [-0.4, -0.2) is 46.2 Å². The highest BCUT2D eigenvalue weighted by Crippen LogP contribution is 2.40. The minimum absolute atomic E-state index is 0.0309. The second kappa shape index (κ2) is 11.5. The monoisotopic (exact) mass is 560 g/mol. The average Bonchev–Trinajstić information content (AvgIpc) is 3.46. The molecule has 1 atom stereocenters. The molecular weight excluding hydrogens is 529 g/mol. The Balaban J connectivity index is 1.36. The van der Waals surface area contributed by atoms with Gasteiger partial charge in [0, 0.05) is 46.6 Å². The van der Waals surface area contributed by atoms with Gasteiger partial charge in [-0.3, -0.25) is 10.2 Å². The number of carbonyl (C=O) groups is 2. The molecule has 1 aromatic heterocycles. The maximum atomic E-state index is 12.5. The van der Waals surface area contributed by atoms with Gasteiger partial charge in [-0.25, -0.2) is 9.59 Å². The fraction of sp³-hybridized carbons (Fsp3) is 0.357. The van der Waals surface area contributed by atoms with Crippen LogP contribution in [0, 0.1) is 0 Å². The van der Waals surface area contributed by atoms with Crippen molar-refractivity contribution in [2.24, 2.45) is 7.05 Å². The van der Waals surface area contributed by atoms with Crippen molar-refractivity contribution in [2.45, 2.75) is 55.0 Å². The molecule has 0 bridgehead atoms. The predicted molar refractivity (Wildman–Crippen MR) is 150 cm³/mol. The Kier molecular flexibility index (Phi) is 8.59. The zero-order chi connectivity index (χ0) is 26.7. The van der Waals surface area contributed by atoms with Crippen molar-refractivity contribution in [1.82, 2.24) is 9.47 Å². The molecule has 1 aliphatic rings. The number of nitrogens with zero attached hydrogens (tertiary/aromatic N) is 2. The number of aromatic nitrogens is 1. The number of likely N-dealkylation sites (tertiary alicyclic amines) is 1. The van der Waals surface area contributed by atoms with E-state index < -0.39 is 5.60 Å². The first-order valence-electron chi connectivity index (χ1n) is 12.3. The molecule has 4 rings (SSSR count). The summed E-state index contributed by atoms with van der Waals surface area (Å²) in [6, 6.07) is 12.1. The second-order valence-corrected chi connectivity index (χ2v) is 12.0. The minimum atomic E-state index is -0.545. The zero-order valence-electron chi connectivity index (χ0n) is 21.5. The standard InChI is InChI=1S/C28H31Cl2N3O3S/c1-28(2,3)36-27(35)33-14-5-6-20(33)17-31-24(34)12-8-18-7-11-23(26(30)25(18)29)37-21-9-10-22-19(16-21)13-15-32(22)4/h7-13,15-16,20H,5-6,14,17H2,1-4H3,(H,31,34)/p+1/b12-8+. The molecule has 0 spiro atoms. The molecule has 2 heterocycles. The summed E-state index contributed by atoms with van der Waals surface area (Å²) >= 11 is 14.7. The summed E-state index contributed by atoms with van der Waals surface area (Å²) in [5.41, 5.74) is 1.30. The molecular formula is C28H32Cl2N3O3S+. The second-order valence-electron chi connectivity index (χ2n) is 10.2. The van der Waals surface area contributed by atoms with Gasteiger partial charge in [-0.15, -0.1) is 0 Å². The highest BCUT2D eigenvalue weighted by Gasteiger charge is 2.33. The molecule has 1 fully saturated rings. The molecule has 0 radical (unpaired) electrons. The molecule has 9 heteroatoms. The first-order chi connectivity index (χ1) is 17.5. The van der Waals surface area contributed by atoms with E-state index >= 15 is 0 Å². The number of carbonyl (C=O) groups excluding carboxylic acids is 2. The Labute approximate surface area is 231 Å². The number of benzene rings is 2. The van der Waals surface area contributed by atoms with Crippen molar-refractivity contribution < 1.29 is 19.6 Å². The van der Waals surface area contributed by atoms with Crippen molar-refractivity contribution in [1.29, 1.82) is 0 Å². The fourth-order valence-electron chi connectivity index (χ4n) is 4.34. The number of quaternary nitrogens is 1. The quantitative estimate of drug-likeness (QED) is 0.367.